The quantitative estimate of drug-likeness (QED) is 0.577. The average Bonchev–Trinajstić information content (AvgIpc) is 2.53. The van der Waals surface area contributed by atoms with E-state index < -0.39 is 0 Å². The van der Waals surface area contributed by atoms with Crippen LogP contribution < -0.4 is 0 Å². The lowest BCUT2D eigenvalue weighted by atomic mass is 9.73. The van der Waals surface area contributed by atoms with E-state index >= 15 is 0 Å². The van der Waals surface area contributed by atoms with Gasteiger partial charge in [-0.3, -0.25) is 0 Å². The SMILES string of the molecule is CCC(C)CCC(C)C1CCC(C2CCC(C)CC2)CO1. The molecule has 1 nitrogen and oxygen atoms in total. The first-order chi connectivity index (χ1) is 10.1. The molecule has 0 aromatic carbocycles. The van der Waals surface area contributed by atoms with Crippen molar-refractivity contribution in [2.24, 2.45) is 29.6 Å². The topological polar surface area (TPSA) is 9.23 Å². The maximum atomic E-state index is 6.30. The van der Waals surface area contributed by atoms with Gasteiger partial charge >= 0.3 is 0 Å². The van der Waals surface area contributed by atoms with Crippen LogP contribution in [0.3, 0.4) is 0 Å². The van der Waals surface area contributed by atoms with Gasteiger partial charge in [0.1, 0.15) is 0 Å². The van der Waals surface area contributed by atoms with E-state index in [-0.39, 0.29) is 0 Å². The lowest BCUT2D eigenvalue weighted by Gasteiger charge is -2.39. The molecule has 0 spiro atoms. The van der Waals surface area contributed by atoms with Crippen LogP contribution >= 0.6 is 0 Å². The monoisotopic (exact) mass is 294 g/mol. The maximum absolute atomic E-state index is 6.30. The Morgan fingerprint density at radius 1 is 0.905 bits per heavy atom. The van der Waals surface area contributed by atoms with Crippen molar-refractivity contribution in [3.8, 4) is 0 Å². The molecule has 1 saturated heterocycles. The van der Waals surface area contributed by atoms with Crippen LogP contribution in [0.5, 0.6) is 0 Å². The largest absolute Gasteiger partial charge is 0.378 e. The molecule has 0 N–H and O–H groups in total. The van der Waals surface area contributed by atoms with Gasteiger partial charge in [0.25, 0.3) is 0 Å². The van der Waals surface area contributed by atoms with Crippen LogP contribution in [0.15, 0.2) is 0 Å². The molecule has 4 unspecified atom stereocenters. The molecule has 4 atom stereocenters. The van der Waals surface area contributed by atoms with E-state index in [0.29, 0.717) is 6.10 Å². The van der Waals surface area contributed by atoms with Crippen molar-refractivity contribution >= 4 is 0 Å². The molecular weight excluding hydrogens is 256 g/mol. The van der Waals surface area contributed by atoms with Gasteiger partial charge < -0.3 is 4.74 Å². The number of ether oxygens (including phenoxy) is 1. The molecule has 0 aromatic heterocycles. The normalized spacial score (nSPS) is 37.1. The molecule has 2 rings (SSSR count). The summed E-state index contributed by atoms with van der Waals surface area (Å²) in [5.41, 5.74) is 0. The Kier molecular flexibility index (Phi) is 7.05. The number of hydrogen-bond acceptors (Lipinski definition) is 1. The zero-order valence-electron chi connectivity index (χ0n) is 14.9. The highest BCUT2D eigenvalue weighted by molar-refractivity contribution is 4.81. The minimum atomic E-state index is 0.549. The van der Waals surface area contributed by atoms with Crippen molar-refractivity contribution < 1.29 is 4.74 Å². The molecule has 0 bridgehead atoms. The summed E-state index contributed by atoms with van der Waals surface area (Å²) in [6, 6.07) is 0. The fourth-order valence-electron chi connectivity index (χ4n) is 4.31. The van der Waals surface area contributed by atoms with Crippen LogP contribution in [-0.2, 0) is 4.74 Å². The Hall–Kier alpha value is -0.0400. The molecular formula is C20H38O. The summed E-state index contributed by atoms with van der Waals surface area (Å²) in [5, 5.41) is 0. The predicted molar refractivity (Wildman–Crippen MR) is 91.4 cm³/mol. The first kappa shape index (κ1) is 17.3. The van der Waals surface area contributed by atoms with Crippen LogP contribution in [0.2, 0.25) is 0 Å². The van der Waals surface area contributed by atoms with Crippen molar-refractivity contribution in [1.82, 2.24) is 0 Å². The molecule has 1 aliphatic heterocycles. The minimum absolute atomic E-state index is 0.549. The Morgan fingerprint density at radius 2 is 1.57 bits per heavy atom. The molecule has 21 heavy (non-hydrogen) atoms. The molecule has 0 amide bonds. The van der Waals surface area contributed by atoms with Gasteiger partial charge in [-0.15, -0.1) is 0 Å². The van der Waals surface area contributed by atoms with Gasteiger partial charge in [-0.05, 0) is 61.7 Å². The Labute approximate surface area is 133 Å². The lowest BCUT2D eigenvalue weighted by Crippen LogP contribution is -2.35. The van der Waals surface area contributed by atoms with Gasteiger partial charge in [0, 0.05) is 0 Å². The Morgan fingerprint density at radius 3 is 2.14 bits per heavy atom. The van der Waals surface area contributed by atoms with E-state index in [1.807, 2.05) is 0 Å². The fraction of sp³-hybridized carbons (Fsp3) is 1.00. The van der Waals surface area contributed by atoms with Gasteiger partial charge in [-0.1, -0.05) is 53.4 Å². The standard InChI is InChI=1S/C20H38O/c1-5-15(2)6-9-17(4)20-13-12-19(14-21-20)18-10-7-16(3)8-11-18/h15-20H,5-14H2,1-4H3. The summed E-state index contributed by atoms with van der Waals surface area (Å²) in [4.78, 5) is 0. The molecule has 0 radical (unpaired) electrons. The summed E-state index contributed by atoms with van der Waals surface area (Å²) in [7, 11) is 0. The van der Waals surface area contributed by atoms with Gasteiger partial charge in [-0.25, -0.2) is 0 Å². The van der Waals surface area contributed by atoms with Gasteiger partial charge in [0.05, 0.1) is 12.7 Å². The molecule has 1 heterocycles. The van der Waals surface area contributed by atoms with E-state index in [1.54, 1.807) is 0 Å². The smallest absolute Gasteiger partial charge is 0.0600 e. The minimum Gasteiger partial charge on any atom is -0.378 e. The van der Waals surface area contributed by atoms with E-state index in [0.717, 1.165) is 36.2 Å². The average molecular weight is 295 g/mol. The zero-order valence-corrected chi connectivity index (χ0v) is 14.9. The summed E-state index contributed by atoms with van der Waals surface area (Å²) in [6.45, 7) is 10.6. The van der Waals surface area contributed by atoms with Crippen LogP contribution in [0, 0.1) is 29.6 Å². The summed E-state index contributed by atoms with van der Waals surface area (Å²) in [5.74, 6) is 4.45. The molecule has 1 saturated carbocycles. The number of hydrogen-bond donors (Lipinski definition) is 0. The van der Waals surface area contributed by atoms with Crippen LogP contribution in [0.25, 0.3) is 0 Å². The predicted octanol–water partition coefficient (Wildman–Crippen LogP) is 6.07. The third-order valence-electron chi connectivity index (χ3n) is 6.52. The van der Waals surface area contributed by atoms with Crippen LogP contribution in [0.4, 0.5) is 0 Å². The Balaban J connectivity index is 1.67. The van der Waals surface area contributed by atoms with E-state index in [1.165, 1.54) is 57.8 Å². The lowest BCUT2D eigenvalue weighted by molar-refractivity contribution is -0.0636. The molecule has 0 aromatic rings. The van der Waals surface area contributed by atoms with E-state index in [2.05, 4.69) is 27.7 Å². The highest BCUT2D eigenvalue weighted by Crippen LogP contribution is 2.38. The highest BCUT2D eigenvalue weighted by atomic mass is 16.5. The highest BCUT2D eigenvalue weighted by Gasteiger charge is 2.32. The molecule has 2 aliphatic rings. The van der Waals surface area contributed by atoms with Crippen LogP contribution in [0.1, 0.15) is 85.5 Å². The van der Waals surface area contributed by atoms with Crippen LogP contribution in [-0.4, -0.2) is 12.7 Å². The first-order valence-corrected chi connectivity index (χ1v) is 9.71. The second-order valence-electron chi connectivity index (χ2n) is 8.30. The van der Waals surface area contributed by atoms with Gasteiger partial charge in [0.2, 0.25) is 0 Å². The molecule has 1 aliphatic carbocycles. The number of rotatable bonds is 6. The molecule has 1 heteroatoms. The summed E-state index contributed by atoms with van der Waals surface area (Å²) < 4.78 is 6.30. The maximum Gasteiger partial charge on any atom is 0.0600 e. The van der Waals surface area contributed by atoms with Crippen molar-refractivity contribution in [3.63, 3.8) is 0 Å². The first-order valence-electron chi connectivity index (χ1n) is 9.71. The zero-order chi connectivity index (χ0) is 15.2. The van der Waals surface area contributed by atoms with Crippen molar-refractivity contribution in [3.05, 3.63) is 0 Å². The van der Waals surface area contributed by atoms with Gasteiger partial charge in [0.15, 0.2) is 0 Å². The van der Waals surface area contributed by atoms with Gasteiger partial charge in [-0.2, -0.15) is 0 Å². The third kappa shape index (κ3) is 5.27. The van der Waals surface area contributed by atoms with E-state index in [4.69, 9.17) is 4.74 Å². The molecule has 2 fully saturated rings. The summed E-state index contributed by atoms with van der Waals surface area (Å²) >= 11 is 0. The third-order valence-corrected chi connectivity index (χ3v) is 6.52. The van der Waals surface area contributed by atoms with Crippen molar-refractivity contribution in [2.75, 3.05) is 6.61 Å². The second kappa shape index (κ2) is 8.56. The summed E-state index contributed by atoms with van der Waals surface area (Å²) in [6.07, 6.45) is 13.2. The van der Waals surface area contributed by atoms with Crippen molar-refractivity contribution in [2.45, 2.75) is 91.6 Å². The van der Waals surface area contributed by atoms with E-state index in [9.17, 15) is 0 Å². The van der Waals surface area contributed by atoms with Crippen molar-refractivity contribution in [1.29, 1.82) is 0 Å². The fourth-order valence-corrected chi connectivity index (χ4v) is 4.31. The second-order valence-corrected chi connectivity index (χ2v) is 8.30. The Bertz CT molecular complexity index is 272. The molecule has 124 valence electrons.